The van der Waals surface area contributed by atoms with Gasteiger partial charge in [0.05, 0.1) is 6.61 Å². The summed E-state index contributed by atoms with van der Waals surface area (Å²) >= 11 is 1.21. The van der Waals surface area contributed by atoms with Crippen molar-refractivity contribution in [2.24, 2.45) is 0 Å². The Morgan fingerprint density at radius 2 is 1.95 bits per heavy atom. The number of aliphatic hydroxyl groups is 3. The summed E-state index contributed by atoms with van der Waals surface area (Å²) in [4.78, 5) is 25.5. The number of aromatic nitrogens is 2. The molecule has 0 radical (unpaired) electrons. The minimum Gasteiger partial charge on any atom is -0.388 e. The van der Waals surface area contributed by atoms with Crippen LogP contribution in [0.3, 0.4) is 0 Å². The topological polar surface area (TPSA) is 125 Å². The van der Waals surface area contributed by atoms with Crippen LogP contribution in [-0.4, -0.2) is 62.7 Å². The van der Waals surface area contributed by atoms with Gasteiger partial charge in [0.2, 0.25) is 0 Å². The molecule has 8 nitrogen and oxygen atoms in total. The number of hydrogen-bond donors (Lipinski definition) is 4. The zero-order chi connectivity index (χ0) is 16.9. The fraction of sp³-hybridized carbons (Fsp3) is 0.692. The SMILES string of the molecule is CCS[C@@H]([C@H](O)[C@@H](O)[C@H](O)COC)n1cc(C)c(=O)[nH]c1=O. The number of aryl methyl sites for hydroxylation is 1. The van der Waals surface area contributed by atoms with Gasteiger partial charge in [0.1, 0.15) is 23.7 Å². The van der Waals surface area contributed by atoms with Crippen molar-refractivity contribution in [2.75, 3.05) is 19.5 Å². The van der Waals surface area contributed by atoms with E-state index >= 15 is 0 Å². The van der Waals surface area contributed by atoms with Crippen molar-refractivity contribution in [1.82, 2.24) is 9.55 Å². The van der Waals surface area contributed by atoms with Gasteiger partial charge < -0.3 is 20.1 Å². The number of aromatic amines is 1. The highest BCUT2D eigenvalue weighted by atomic mass is 32.2. The van der Waals surface area contributed by atoms with Crippen molar-refractivity contribution in [3.63, 3.8) is 0 Å². The van der Waals surface area contributed by atoms with Gasteiger partial charge in [-0.2, -0.15) is 0 Å². The van der Waals surface area contributed by atoms with Gasteiger partial charge in [-0.1, -0.05) is 6.92 Å². The number of aliphatic hydroxyl groups excluding tert-OH is 3. The first kappa shape index (κ1) is 18.9. The van der Waals surface area contributed by atoms with E-state index in [4.69, 9.17) is 4.74 Å². The van der Waals surface area contributed by atoms with Gasteiger partial charge in [-0.15, -0.1) is 11.8 Å². The highest BCUT2D eigenvalue weighted by Crippen LogP contribution is 2.27. The average Bonchev–Trinajstić information content (AvgIpc) is 2.47. The van der Waals surface area contributed by atoms with E-state index in [1.165, 1.54) is 32.0 Å². The molecule has 1 heterocycles. The summed E-state index contributed by atoms with van der Waals surface area (Å²) in [6, 6.07) is 0. The molecular formula is C13H22N2O6S. The molecule has 0 spiro atoms. The number of rotatable bonds is 8. The Morgan fingerprint density at radius 3 is 2.50 bits per heavy atom. The van der Waals surface area contributed by atoms with Crippen LogP contribution in [0.1, 0.15) is 17.9 Å². The van der Waals surface area contributed by atoms with Crippen LogP contribution in [0.15, 0.2) is 15.8 Å². The van der Waals surface area contributed by atoms with Crippen molar-refractivity contribution in [3.8, 4) is 0 Å². The lowest BCUT2D eigenvalue weighted by atomic mass is 10.1. The molecule has 0 saturated carbocycles. The molecule has 22 heavy (non-hydrogen) atoms. The molecule has 1 rings (SSSR count). The molecule has 0 aliphatic rings. The molecule has 0 bridgehead atoms. The molecule has 0 aromatic carbocycles. The van der Waals surface area contributed by atoms with Crippen LogP contribution >= 0.6 is 11.8 Å². The lowest BCUT2D eigenvalue weighted by Crippen LogP contribution is -2.46. The standard InChI is InChI=1S/C13H22N2O6S/c1-4-22-12(10(18)9(17)8(16)6-21-3)15-5-7(2)11(19)14-13(15)20/h5,8-10,12,16-18H,4,6H2,1-3H3,(H,14,19,20)/t8-,9+,10-,12+/m1/s1. The number of hydrogen-bond acceptors (Lipinski definition) is 7. The molecule has 1 aromatic heterocycles. The molecule has 0 aliphatic heterocycles. The van der Waals surface area contributed by atoms with Crippen LogP contribution in [0, 0.1) is 6.92 Å². The number of ether oxygens (including phenoxy) is 1. The summed E-state index contributed by atoms with van der Waals surface area (Å²) in [7, 11) is 1.36. The summed E-state index contributed by atoms with van der Waals surface area (Å²) in [6.07, 6.45) is -2.88. The highest BCUT2D eigenvalue weighted by Gasteiger charge is 2.33. The summed E-state index contributed by atoms with van der Waals surface area (Å²) in [5, 5.41) is 29.2. The van der Waals surface area contributed by atoms with E-state index in [0.29, 0.717) is 11.3 Å². The summed E-state index contributed by atoms with van der Waals surface area (Å²) in [5.41, 5.74) is -0.884. The van der Waals surface area contributed by atoms with Gasteiger partial charge in [0.25, 0.3) is 5.56 Å². The Labute approximate surface area is 131 Å². The maximum Gasteiger partial charge on any atom is 0.329 e. The van der Waals surface area contributed by atoms with Gasteiger partial charge in [0.15, 0.2) is 0 Å². The summed E-state index contributed by atoms with van der Waals surface area (Å²) < 4.78 is 5.89. The molecule has 1 aromatic rings. The molecule has 9 heteroatoms. The second-order valence-electron chi connectivity index (χ2n) is 4.83. The molecule has 4 atom stereocenters. The van der Waals surface area contributed by atoms with E-state index in [-0.39, 0.29) is 6.61 Å². The minimum absolute atomic E-state index is 0.152. The molecule has 0 saturated heterocycles. The van der Waals surface area contributed by atoms with Gasteiger partial charge >= 0.3 is 5.69 Å². The van der Waals surface area contributed by atoms with Crippen molar-refractivity contribution in [1.29, 1.82) is 0 Å². The van der Waals surface area contributed by atoms with Crippen molar-refractivity contribution in [3.05, 3.63) is 32.6 Å². The predicted octanol–water partition coefficient (Wildman–Crippen LogP) is -1.17. The van der Waals surface area contributed by atoms with E-state index in [1.54, 1.807) is 0 Å². The monoisotopic (exact) mass is 334 g/mol. The molecule has 0 fully saturated rings. The lowest BCUT2D eigenvalue weighted by Gasteiger charge is -2.29. The van der Waals surface area contributed by atoms with Crippen molar-refractivity contribution in [2.45, 2.75) is 37.5 Å². The number of nitrogens with one attached hydrogen (secondary N) is 1. The van der Waals surface area contributed by atoms with Gasteiger partial charge in [-0.25, -0.2) is 4.79 Å². The third-order valence-electron chi connectivity index (χ3n) is 3.13. The number of nitrogens with zero attached hydrogens (tertiary/aromatic N) is 1. The predicted molar refractivity (Wildman–Crippen MR) is 83.1 cm³/mol. The zero-order valence-electron chi connectivity index (χ0n) is 12.7. The van der Waals surface area contributed by atoms with Gasteiger partial charge in [-0.05, 0) is 12.7 Å². The first-order valence-corrected chi connectivity index (χ1v) is 7.85. The lowest BCUT2D eigenvalue weighted by molar-refractivity contribution is -0.0875. The number of methoxy groups -OCH3 is 1. The van der Waals surface area contributed by atoms with Crippen LogP contribution in [-0.2, 0) is 4.74 Å². The molecule has 0 aliphatic carbocycles. The molecule has 126 valence electrons. The van der Waals surface area contributed by atoms with Crippen LogP contribution in [0.4, 0.5) is 0 Å². The Morgan fingerprint density at radius 1 is 1.32 bits per heavy atom. The van der Waals surface area contributed by atoms with E-state index < -0.39 is 34.9 Å². The summed E-state index contributed by atoms with van der Waals surface area (Å²) in [5.74, 6) is 0.555. The first-order chi connectivity index (χ1) is 10.3. The third kappa shape index (κ3) is 4.43. The fourth-order valence-electron chi connectivity index (χ4n) is 1.95. The fourth-order valence-corrected chi connectivity index (χ4v) is 2.97. The van der Waals surface area contributed by atoms with Crippen LogP contribution in [0.25, 0.3) is 0 Å². The normalized spacial score (nSPS) is 17.0. The maximum absolute atomic E-state index is 11.9. The second-order valence-corrected chi connectivity index (χ2v) is 6.22. The molecular weight excluding hydrogens is 312 g/mol. The first-order valence-electron chi connectivity index (χ1n) is 6.80. The molecule has 0 unspecified atom stereocenters. The van der Waals surface area contributed by atoms with Gasteiger partial charge in [0, 0.05) is 18.9 Å². The van der Waals surface area contributed by atoms with Crippen LogP contribution < -0.4 is 11.2 Å². The van der Waals surface area contributed by atoms with Crippen LogP contribution in [0.2, 0.25) is 0 Å². The number of H-pyrrole nitrogens is 1. The number of thioether (sulfide) groups is 1. The van der Waals surface area contributed by atoms with E-state index in [0.717, 1.165) is 4.57 Å². The van der Waals surface area contributed by atoms with Crippen LogP contribution in [0.5, 0.6) is 0 Å². The molecule has 0 amide bonds. The van der Waals surface area contributed by atoms with E-state index in [2.05, 4.69) is 4.98 Å². The zero-order valence-corrected chi connectivity index (χ0v) is 13.5. The van der Waals surface area contributed by atoms with Gasteiger partial charge in [-0.3, -0.25) is 14.3 Å². The Hall–Kier alpha value is -1.13. The smallest absolute Gasteiger partial charge is 0.329 e. The third-order valence-corrected chi connectivity index (χ3v) is 4.31. The maximum atomic E-state index is 11.9. The van der Waals surface area contributed by atoms with E-state index in [9.17, 15) is 24.9 Å². The Bertz CT molecular complexity index is 587. The van der Waals surface area contributed by atoms with Crippen molar-refractivity contribution >= 4 is 11.8 Å². The summed E-state index contributed by atoms with van der Waals surface area (Å²) in [6.45, 7) is 3.21. The van der Waals surface area contributed by atoms with Crippen molar-refractivity contribution < 1.29 is 20.1 Å². The average molecular weight is 334 g/mol. The minimum atomic E-state index is -1.50. The Kier molecular flexibility index (Phi) is 7.30. The second kappa shape index (κ2) is 8.49. The van der Waals surface area contributed by atoms with E-state index in [1.807, 2.05) is 6.92 Å². The largest absolute Gasteiger partial charge is 0.388 e. The quantitative estimate of drug-likeness (QED) is 0.472. The highest BCUT2D eigenvalue weighted by molar-refractivity contribution is 7.99. The Balaban J connectivity index is 3.15. The molecule has 4 N–H and O–H groups in total.